The van der Waals surface area contributed by atoms with Crippen molar-refractivity contribution in [2.45, 2.75) is 78.4 Å². The highest BCUT2D eigenvalue weighted by Crippen LogP contribution is 2.52. The van der Waals surface area contributed by atoms with Crippen LogP contribution in [0.15, 0.2) is 54.1 Å². The first-order valence-electron chi connectivity index (χ1n) is 12.2. The molecule has 0 bridgehead atoms. The van der Waals surface area contributed by atoms with Crippen molar-refractivity contribution in [1.82, 2.24) is 4.90 Å². The van der Waals surface area contributed by atoms with Crippen molar-refractivity contribution in [3.05, 3.63) is 70.8 Å². The Bertz CT molecular complexity index is 978. The predicted molar refractivity (Wildman–Crippen MR) is 134 cm³/mol. The van der Waals surface area contributed by atoms with Gasteiger partial charge in [0.15, 0.2) is 0 Å². The summed E-state index contributed by atoms with van der Waals surface area (Å²) in [4.78, 5) is 2.32. The van der Waals surface area contributed by atoms with Crippen LogP contribution in [-0.2, 0) is 17.8 Å². The Hall–Kier alpha value is -2.30. The Kier molecular flexibility index (Phi) is 7.16. The van der Waals surface area contributed by atoms with Gasteiger partial charge in [0.05, 0.1) is 12.2 Å². The molecule has 0 N–H and O–H groups in total. The molecule has 2 aromatic rings. The van der Waals surface area contributed by atoms with Crippen molar-refractivity contribution in [3.63, 3.8) is 0 Å². The molecule has 1 saturated heterocycles. The number of nitrogens with zero attached hydrogens (tertiary/aromatic N) is 1. The van der Waals surface area contributed by atoms with E-state index in [4.69, 9.17) is 14.2 Å². The number of hydrogen-bond acceptors (Lipinski definition) is 4. The fourth-order valence-electron chi connectivity index (χ4n) is 5.07. The van der Waals surface area contributed by atoms with Crippen molar-refractivity contribution in [3.8, 4) is 11.5 Å². The van der Waals surface area contributed by atoms with E-state index in [0.717, 1.165) is 48.6 Å². The van der Waals surface area contributed by atoms with Crippen molar-refractivity contribution in [2.75, 3.05) is 13.7 Å². The maximum atomic E-state index is 6.60. The second-order valence-electron chi connectivity index (χ2n) is 10.5. The summed E-state index contributed by atoms with van der Waals surface area (Å²) < 4.78 is 19.4. The van der Waals surface area contributed by atoms with E-state index in [0.29, 0.717) is 12.5 Å². The molecule has 0 aromatic heterocycles. The van der Waals surface area contributed by atoms with Crippen LogP contribution < -0.4 is 9.47 Å². The summed E-state index contributed by atoms with van der Waals surface area (Å²) in [5, 5.41) is 0. The highest BCUT2D eigenvalue weighted by atomic mass is 16.5. The lowest BCUT2D eigenvalue weighted by Gasteiger charge is -2.48. The average Bonchev–Trinajstić information content (AvgIpc) is 2.74. The second-order valence-corrected chi connectivity index (χ2v) is 10.5. The van der Waals surface area contributed by atoms with Crippen LogP contribution in [0, 0.1) is 5.92 Å². The van der Waals surface area contributed by atoms with Gasteiger partial charge in [-0.3, -0.25) is 4.90 Å². The van der Waals surface area contributed by atoms with Crippen LogP contribution in [0.2, 0.25) is 0 Å². The Morgan fingerprint density at radius 3 is 2.61 bits per heavy atom. The van der Waals surface area contributed by atoms with Gasteiger partial charge in [-0.15, -0.1) is 0 Å². The van der Waals surface area contributed by atoms with Crippen LogP contribution in [-0.4, -0.2) is 30.3 Å². The average molecular weight is 450 g/mol. The molecule has 4 heteroatoms. The number of ether oxygens (including phenoxy) is 3. The largest absolute Gasteiger partial charge is 0.489 e. The first kappa shape index (κ1) is 23.8. The van der Waals surface area contributed by atoms with Crippen LogP contribution in [0.5, 0.6) is 11.5 Å². The molecule has 1 fully saturated rings. The molecule has 4 nitrogen and oxygen atoms in total. The zero-order valence-electron chi connectivity index (χ0n) is 21.1. The molecule has 4 rings (SSSR count). The number of allylic oxidation sites excluding steroid dienone is 1. The molecule has 0 amide bonds. The van der Waals surface area contributed by atoms with Crippen LogP contribution in [0.25, 0.3) is 0 Å². The van der Waals surface area contributed by atoms with Gasteiger partial charge in [-0.2, -0.15) is 0 Å². The van der Waals surface area contributed by atoms with Gasteiger partial charge in [-0.25, -0.2) is 0 Å². The summed E-state index contributed by atoms with van der Waals surface area (Å²) in [6.07, 6.45) is 4.64. The van der Waals surface area contributed by atoms with Gasteiger partial charge < -0.3 is 14.2 Å². The van der Waals surface area contributed by atoms with Crippen molar-refractivity contribution < 1.29 is 14.2 Å². The summed E-state index contributed by atoms with van der Waals surface area (Å²) >= 11 is 0. The quantitative estimate of drug-likeness (QED) is 0.441. The van der Waals surface area contributed by atoms with Gasteiger partial charge in [0.1, 0.15) is 23.7 Å². The van der Waals surface area contributed by atoms with E-state index in [-0.39, 0.29) is 17.8 Å². The van der Waals surface area contributed by atoms with E-state index in [1.54, 1.807) is 0 Å². The third-order valence-corrected chi connectivity index (χ3v) is 6.86. The smallest absolute Gasteiger partial charge is 0.126 e. The fourth-order valence-corrected chi connectivity index (χ4v) is 5.07. The standard InChI is InChI=1S/C29H39NO3/c1-20(2)14-15-31-26-17-24-27(33-29(4,5)25-13-12-21(3)32-28(24)25)16-23(26)19-30(6)18-22-10-8-7-9-11-22/h7-11,14,16-17,21,25,28H,12-13,15,18-19H2,1-6H3/t21-,25-,28+/m0/s1. The fraction of sp³-hybridized carbons (Fsp3) is 0.517. The minimum absolute atomic E-state index is 0.0504. The van der Waals surface area contributed by atoms with Gasteiger partial charge in [0, 0.05) is 30.1 Å². The highest BCUT2D eigenvalue weighted by Gasteiger charge is 2.47. The van der Waals surface area contributed by atoms with Crippen molar-refractivity contribution in [1.29, 1.82) is 0 Å². The lowest BCUT2D eigenvalue weighted by Crippen LogP contribution is -2.48. The molecule has 0 radical (unpaired) electrons. The van der Waals surface area contributed by atoms with E-state index >= 15 is 0 Å². The molecular formula is C29H39NO3. The monoisotopic (exact) mass is 449 g/mol. The Morgan fingerprint density at radius 1 is 1.12 bits per heavy atom. The molecule has 2 heterocycles. The molecule has 0 spiro atoms. The van der Waals surface area contributed by atoms with Crippen molar-refractivity contribution in [2.24, 2.45) is 5.92 Å². The minimum Gasteiger partial charge on any atom is -0.489 e. The Labute approximate surface area is 199 Å². The maximum absolute atomic E-state index is 6.60. The summed E-state index contributed by atoms with van der Waals surface area (Å²) in [7, 11) is 2.15. The number of benzene rings is 2. The number of hydrogen-bond donors (Lipinski definition) is 0. The van der Waals surface area contributed by atoms with E-state index < -0.39 is 0 Å². The van der Waals surface area contributed by atoms with Gasteiger partial charge in [-0.05, 0) is 78.3 Å². The summed E-state index contributed by atoms with van der Waals surface area (Å²) in [6.45, 7) is 13.0. The van der Waals surface area contributed by atoms with Gasteiger partial charge in [0.25, 0.3) is 0 Å². The zero-order valence-corrected chi connectivity index (χ0v) is 21.1. The molecule has 2 aliphatic rings. The molecule has 178 valence electrons. The molecule has 0 saturated carbocycles. The normalized spacial score (nSPS) is 23.3. The van der Waals surface area contributed by atoms with Crippen LogP contribution >= 0.6 is 0 Å². The summed E-state index contributed by atoms with van der Waals surface area (Å²) in [6, 6.07) is 15.0. The molecule has 0 unspecified atom stereocenters. The topological polar surface area (TPSA) is 30.9 Å². The molecule has 3 atom stereocenters. The summed E-state index contributed by atoms with van der Waals surface area (Å²) in [5.41, 5.74) is 4.58. The molecular weight excluding hydrogens is 410 g/mol. The predicted octanol–water partition coefficient (Wildman–Crippen LogP) is 6.69. The third kappa shape index (κ3) is 5.62. The number of rotatable bonds is 7. The maximum Gasteiger partial charge on any atom is 0.126 e. The van der Waals surface area contributed by atoms with E-state index in [1.807, 2.05) is 0 Å². The minimum atomic E-state index is -0.255. The van der Waals surface area contributed by atoms with Crippen molar-refractivity contribution >= 4 is 0 Å². The van der Waals surface area contributed by atoms with Crippen LogP contribution in [0.1, 0.15) is 70.3 Å². The van der Waals surface area contributed by atoms with E-state index in [1.165, 1.54) is 11.1 Å². The molecule has 0 aliphatic carbocycles. The molecule has 2 aromatic carbocycles. The first-order chi connectivity index (χ1) is 15.7. The second kappa shape index (κ2) is 9.90. The van der Waals surface area contributed by atoms with Gasteiger partial charge in [-0.1, -0.05) is 35.9 Å². The van der Waals surface area contributed by atoms with Gasteiger partial charge in [0.2, 0.25) is 0 Å². The van der Waals surface area contributed by atoms with E-state index in [9.17, 15) is 0 Å². The van der Waals surface area contributed by atoms with Crippen LogP contribution in [0.4, 0.5) is 0 Å². The lowest BCUT2D eigenvalue weighted by molar-refractivity contribution is -0.144. The first-order valence-corrected chi connectivity index (χ1v) is 12.2. The Balaban J connectivity index is 1.66. The Morgan fingerprint density at radius 2 is 1.88 bits per heavy atom. The third-order valence-electron chi connectivity index (χ3n) is 6.86. The SMILES string of the molecule is CC(C)=CCOc1cc2c(cc1CN(C)Cc1ccccc1)OC(C)(C)[C@H]1CC[C@H](C)O[C@H]21. The zero-order chi connectivity index (χ0) is 23.6. The molecule has 2 aliphatic heterocycles. The summed E-state index contributed by atoms with van der Waals surface area (Å²) in [5.74, 6) is 2.21. The molecule has 33 heavy (non-hydrogen) atoms. The highest BCUT2D eigenvalue weighted by molar-refractivity contribution is 5.50. The van der Waals surface area contributed by atoms with Gasteiger partial charge >= 0.3 is 0 Å². The van der Waals surface area contributed by atoms with E-state index in [2.05, 4.69) is 95.1 Å². The number of fused-ring (bicyclic) bond motifs is 3. The van der Waals surface area contributed by atoms with Crippen LogP contribution in [0.3, 0.4) is 0 Å². The lowest BCUT2D eigenvalue weighted by atomic mass is 9.75.